The summed E-state index contributed by atoms with van der Waals surface area (Å²) in [6, 6.07) is 12.0. The SMILES string of the molecule is CCOP(OCC)OCC.c1ccccc1. The summed E-state index contributed by atoms with van der Waals surface area (Å²) in [4.78, 5) is 0. The third-order valence-electron chi connectivity index (χ3n) is 1.37. The van der Waals surface area contributed by atoms with E-state index in [0.717, 1.165) is 0 Å². The average Bonchev–Trinajstić information content (AvgIpc) is 2.33. The summed E-state index contributed by atoms with van der Waals surface area (Å²) in [6.07, 6.45) is 0. The third-order valence-corrected chi connectivity index (χ3v) is 2.78. The minimum absolute atomic E-state index is 0.645. The molecule has 3 nitrogen and oxygen atoms in total. The summed E-state index contributed by atoms with van der Waals surface area (Å²) in [5.74, 6) is 0. The van der Waals surface area contributed by atoms with Crippen molar-refractivity contribution in [2.45, 2.75) is 20.8 Å². The normalized spacial score (nSPS) is 9.75. The minimum Gasteiger partial charge on any atom is -0.313 e. The van der Waals surface area contributed by atoms with E-state index >= 15 is 0 Å². The first kappa shape index (κ1) is 15.5. The largest absolute Gasteiger partial charge is 0.332 e. The van der Waals surface area contributed by atoms with Gasteiger partial charge < -0.3 is 13.6 Å². The van der Waals surface area contributed by atoms with Crippen molar-refractivity contribution in [3.63, 3.8) is 0 Å². The maximum Gasteiger partial charge on any atom is 0.332 e. The van der Waals surface area contributed by atoms with Crippen LogP contribution in [0.3, 0.4) is 0 Å². The summed E-state index contributed by atoms with van der Waals surface area (Å²) in [5, 5.41) is 0. The molecule has 0 amide bonds. The standard InChI is InChI=1S/C6H15O3P.C6H6/c1-4-7-10(8-5-2)9-6-3;1-2-4-6-5-3-1/h4-6H2,1-3H3;1-6H. The number of hydrogen-bond acceptors (Lipinski definition) is 3. The summed E-state index contributed by atoms with van der Waals surface area (Å²) in [6.45, 7) is 7.71. The fourth-order valence-electron chi connectivity index (χ4n) is 0.813. The van der Waals surface area contributed by atoms with Gasteiger partial charge in [-0.1, -0.05) is 36.4 Å². The van der Waals surface area contributed by atoms with Gasteiger partial charge in [-0.05, 0) is 20.8 Å². The highest BCUT2D eigenvalue weighted by molar-refractivity contribution is 7.41. The lowest BCUT2D eigenvalue weighted by molar-refractivity contribution is 0.176. The third kappa shape index (κ3) is 10.1. The van der Waals surface area contributed by atoms with Gasteiger partial charge in [0.1, 0.15) is 0 Å². The highest BCUT2D eigenvalue weighted by atomic mass is 31.2. The molecule has 0 unspecified atom stereocenters. The Bertz CT molecular complexity index is 178. The number of benzene rings is 1. The van der Waals surface area contributed by atoms with E-state index in [2.05, 4.69) is 0 Å². The molecule has 4 heteroatoms. The summed E-state index contributed by atoms with van der Waals surface area (Å²) in [5.41, 5.74) is 0. The first-order valence-electron chi connectivity index (χ1n) is 5.54. The van der Waals surface area contributed by atoms with Crippen molar-refractivity contribution in [1.29, 1.82) is 0 Å². The van der Waals surface area contributed by atoms with Crippen molar-refractivity contribution in [3.8, 4) is 0 Å². The zero-order valence-electron chi connectivity index (χ0n) is 10.3. The second-order valence-electron chi connectivity index (χ2n) is 2.63. The van der Waals surface area contributed by atoms with E-state index in [9.17, 15) is 0 Å². The van der Waals surface area contributed by atoms with E-state index in [1.807, 2.05) is 57.2 Å². The van der Waals surface area contributed by atoms with Crippen LogP contribution in [0.4, 0.5) is 0 Å². The highest BCUT2D eigenvalue weighted by Crippen LogP contribution is 2.38. The van der Waals surface area contributed by atoms with Gasteiger partial charge in [-0.15, -0.1) is 0 Å². The summed E-state index contributed by atoms with van der Waals surface area (Å²) in [7, 11) is -1.06. The zero-order valence-corrected chi connectivity index (χ0v) is 11.2. The zero-order chi connectivity index (χ0) is 12.1. The van der Waals surface area contributed by atoms with Crippen molar-refractivity contribution < 1.29 is 13.6 Å². The van der Waals surface area contributed by atoms with E-state index in [-0.39, 0.29) is 0 Å². The molecule has 1 aromatic carbocycles. The Morgan fingerprint density at radius 1 is 0.625 bits per heavy atom. The molecule has 0 N–H and O–H groups in total. The molecule has 0 aliphatic rings. The molecular weight excluding hydrogens is 223 g/mol. The average molecular weight is 244 g/mol. The maximum atomic E-state index is 5.14. The van der Waals surface area contributed by atoms with Crippen LogP contribution in [-0.2, 0) is 13.6 Å². The van der Waals surface area contributed by atoms with Crippen molar-refractivity contribution >= 4 is 8.60 Å². The Labute approximate surface area is 99.7 Å². The second kappa shape index (κ2) is 12.6. The second-order valence-corrected chi connectivity index (χ2v) is 3.85. The van der Waals surface area contributed by atoms with Crippen LogP contribution in [0, 0.1) is 0 Å². The predicted octanol–water partition coefficient (Wildman–Crippen LogP) is 4.01. The Kier molecular flexibility index (Phi) is 12.2. The van der Waals surface area contributed by atoms with Crippen LogP contribution in [0.2, 0.25) is 0 Å². The predicted molar refractivity (Wildman–Crippen MR) is 68.2 cm³/mol. The van der Waals surface area contributed by atoms with Crippen LogP contribution in [0.25, 0.3) is 0 Å². The Hall–Kier alpha value is -0.470. The molecule has 0 bridgehead atoms. The fraction of sp³-hybridized carbons (Fsp3) is 0.500. The summed E-state index contributed by atoms with van der Waals surface area (Å²) >= 11 is 0. The molecule has 0 aromatic heterocycles. The molecule has 1 aromatic rings. The molecule has 0 radical (unpaired) electrons. The molecular formula is C12H21O3P. The van der Waals surface area contributed by atoms with E-state index in [1.54, 1.807) is 0 Å². The van der Waals surface area contributed by atoms with Gasteiger partial charge in [-0.2, -0.15) is 0 Å². The lowest BCUT2D eigenvalue weighted by Gasteiger charge is -2.12. The Morgan fingerprint density at radius 3 is 1.06 bits per heavy atom. The Morgan fingerprint density at radius 2 is 0.875 bits per heavy atom. The smallest absolute Gasteiger partial charge is 0.313 e. The summed E-state index contributed by atoms with van der Waals surface area (Å²) < 4.78 is 15.4. The van der Waals surface area contributed by atoms with Crippen molar-refractivity contribution in [2.24, 2.45) is 0 Å². The maximum absolute atomic E-state index is 5.14. The van der Waals surface area contributed by atoms with Crippen LogP contribution in [-0.4, -0.2) is 19.8 Å². The van der Waals surface area contributed by atoms with Gasteiger partial charge in [0.2, 0.25) is 0 Å². The van der Waals surface area contributed by atoms with Gasteiger partial charge >= 0.3 is 8.60 Å². The number of hydrogen-bond donors (Lipinski definition) is 0. The molecule has 0 saturated carbocycles. The highest BCUT2D eigenvalue weighted by Gasteiger charge is 2.07. The molecule has 0 spiro atoms. The first-order chi connectivity index (χ1) is 7.85. The van der Waals surface area contributed by atoms with Gasteiger partial charge in [-0.25, -0.2) is 0 Å². The van der Waals surface area contributed by atoms with Crippen LogP contribution < -0.4 is 0 Å². The topological polar surface area (TPSA) is 27.7 Å². The van der Waals surface area contributed by atoms with E-state index in [4.69, 9.17) is 13.6 Å². The molecule has 0 heterocycles. The van der Waals surface area contributed by atoms with Crippen LogP contribution >= 0.6 is 8.60 Å². The van der Waals surface area contributed by atoms with Crippen LogP contribution in [0.5, 0.6) is 0 Å². The fourth-order valence-corrected chi connectivity index (χ4v) is 1.67. The molecule has 16 heavy (non-hydrogen) atoms. The van der Waals surface area contributed by atoms with Crippen molar-refractivity contribution in [1.82, 2.24) is 0 Å². The van der Waals surface area contributed by atoms with E-state index in [0.29, 0.717) is 19.8 Å². The van der Waals surface area contributed by atoms with Crippen LogP contribution in [0.1, 0.15) is 20.8 Å². The lowest BCUT2D eigenvalue weighted by atomic mass is 10.4. The van der Waals surface area contributed by atoms with E-state index in [1.165, 1.54) is 0 Å². The molecule has 0 saturated heterocycles. The lowest BCUT2D eigenvalue weighted by Crippen LogP contribution is -1.94. The van der Waals surface area contributed by atoms with E-state index < -0.39 is 8.60 Å². The quantitative estimate of drug-likeness (QED) is 0.707. The Balaban J connectivity index is 0.000000315. The number of rotatable bonds is 6. The van der Waals surface area contributed by atoms with Crippen molar-refractivity contribution in [2.75, 3.05) is 19.8 Å². The first-order valence-corrected chi connectivity index (χ1v) is 6.63. The minimum atomic E-state index is -1.06. The molecule has 0 fully saturated rings. The van der Waals surface area contributed by atoms with Gasteiger partial charge in [0.15, 0.2) is 0 Å². The van der Waals surface area contributed by atoms with Gasteiger partial charge in [0, 0.05) is 0 Å². The monoisotopic (exact) mass is 244 g/mol. The molecule has 1 rings (SSSR count). The van der Waals surface area contributed by atoms with Crippen LogP contribution in [0.15, 0.2) is 36.4 Å². The van der Waals surface area contributed by atoms with Crippen molar-refractivity contribution in [3.05, 3.63) is 36.4 Å². The molecule has 0 aliphatic carbocycles. The van der Waals surface area contributed by atoms with Gasteiger partial charge in [0.25, 0.3) is 0 Å². The molecule has 92 valence electrons. The van der Waals surface area contributed by atoms with Gasteiger partial charge in [-0.3, -0.25) is 0 Å². The van der Waals surface area contributed by atoms with Gasteiger partial charge in [0.05, 0.1) is 19.8 Å². The molecule has 0 atom stereocenters. The molecule has 0 aliphatic heterocycles.